The van der Waals surface area contributed by atoms with Crippen molar-refractivity contribution in [3.05, 3.63) is 53.8 Å². The van der Waals surface area contributed by atoms with E-state index in [4.69, 9.17) is 10.5 Å². The number of benzene rings is 2. The van der Waals surface area contributed by atoms with Crippen LogP contribution in [0.15, 0.2) is 42.5 Å². The minimum Gasteiger partial charge on any atom is -0.496 e. The van der Waals surface area contributed by atoms with E-state index < -0.39 is 0 Å². The predicted octanol–water partition coefficient (Wildman–Crippen LogP) is 3.38. The van der Waals surface area contributed by atoms with Crippen LogP contribution in [0.25, 0.3) is 11.1 Å². The molecule has 0 bridgehead atoms. The van der Waals surface area contributed by atoms with Crippen LogP contribution >= 0.6 is 12.4 Å². The van der Waals surface area contributed by atoms with Crippen LogP contribution in [0.4, 0.5) is 4.39 Å². The number of ether oxygens (including phenoxy) is 1. The predicted molar refractivity (Wildman–Crippen MR) is 73.5 cm³/mol. The van der Waals surface area contributed by atoms with E-state index in [2.05, 4.69) is 0 Å². The molecule has 2 rings (SSSR count). The van der Waals surface area contributed by atoms with Crippen LogP contribution in [0.5, 0.6) is 5.75 Å². The highest BCUT2D eigenvalue weighted by Gasteiger charge is 2.06. The molecular formula is C14H15ClFNO. The zero-order chi connectivity index (χ0) is 12.3. The first kappa shape index (κ1) is 14.5. The number of methoxy groups -OCH3 is 1. The second-order valence-corrected chi connectivity index (χ2v) is 3.75. The summed E-state index contributed by atoms with van der Waals surface area (Å²) in [5, 5.41) is 0. The van der Waals surface area contributed by atoms with Gasteiger partial charge in [-0.2, -0.15) is 0 Å². The third-order valence-corrected chi connectivity index (χ3v) is 2.66. The zero-order valence-electron chi connectivity index (χ0n) is 10.0. The van der Waals surface area contributed by atoms with Crippen LogP contribution in [0.1, 0.15) is 5.56 Å². The van der Waals surface area contributed by atoms with Crippen molar-refractivity contribution in [3.63, 3.8) is 0 Å². The van der Waals surface area contributed by atoms with E-state index in [0.717, 1.165) is 16.7 Å². The van der Waals surface area contributed by atoms with Gasteiger partial charge in [-0.15, -0.1) is 12.4 Å². The monoisotopic (exact) mass is 267 g/mol. The van der Waals surface area contributed by atoms with Gasteiger partial charge < -0.3 is 10.5 Å². The van der Waals surface area contributed by atoms with E-state index in [-0.39, 0.29) is 18.2 Å². The molecule has 2 aromatic rings. The van der Waals surface area contributed by atoms with Crippen molar-refractivity contribution < 1.29 is 9.13 Å². The third-order valence-electron chi connectivity index (χ3n) is 2.66. The molecule has 0 heterocycles. The van der Waals surface area contributed by atoms with Crippen molar-refractivity contribution in [1.82, 2.24) is 0 Å². The van der Waals surface area contributed by atoms with Crippen LogP contribution < -0.4 is 10.5 Å². The summed E-state index contributed by atoms with van der Waals surface area (Å²) in [5.74, 6) is 0.385. The van der Waals surface area contributed by atoms with E-state index in [1.165, 1.54) is 12.1 Å². The number of halogens is 2. The van der Waals surface area contributed by atoms with Gasteiger partial charge in [0.15, 0.2) is 0 Å². The first-order chi connectivity index (χ1) is 8.24. The molecule has 0 saturated heterocycles. The van der Waals surface area contributed by atoms with E-state index >= 15 is 0 Å². The molecule has 2 N–H and O–H groups in total. The van der Waals surface area contributed by atoms with Gasteiger partial charge in [0, 0.05) is 12.1 Å². The Morgan fingerprint density at radius 2 is 1.78 bits per heavy atom. The van der Waals surface area contributed by atoms with Gasteiger partial charge in [0.05, 0.1) is 7.11 Å². The second kappa shape index (κ2) is 6.38. The fourth-order valence-corrected chi connectivity index (χ4v) is 1.73. The summed E-state index contributed by atoms with van der Waals surface area (Å²) < 4.78 is 18.5. The standard InChI is InChI=1S/C14H14FNO.ClH/c1-17-14-7-6-12(15)8-13(14)11-4-2-10(9-16)3-5-11;/h2-8H,9,16H2,1H3;1H. The normalized spacial score (nSPS) is 9.72. The van der Waals surface area contributed by atoms with Crippen LogP contribution in [-0.2, 0) is 6.54 Å². The molecule has 0 aromatic heterocycles. The topological polar surface area (TPSA) is 35.2 Å². The molecule has 0 amide bonds. The van der Waals surface area contributed by atoms with Crippen LogP contribution in [0.2, 0.25) is 0 Å². The highest BCUT2D eigenvalue weighted by molar-refractivity contribution is 5.85. The van der Waals surface area contributed by atoms with Gasteiger partial charge in [-0.3, -0.25) is 0 Å². The summed E-state index contributed by atoms with van der Waals surface area (Å²) in [6.45, 7) is 0.501. The first-order valence-electron chi connectivity index (χ1n) is 5.37. The highest BCUT2D eigenvalue weighted by atomic mass is 35.5. The van der Waals surface area contributed by atoms with E-state index in [1.807, 2.05) is 24.3 Å². The lowest BCUT2D eigenvalue weighted by molar-refractivity contribution is 0.415. The Hall–Kier alpha value is -1.58. The van der Waals surface area contributed by atoms with Gasteiger partial charge in [0.1, 0.15) is 11.6 Å². The smallest absolute Gasteiger partial charge is 0.126 e. The van der Waals surface area contributed by atoms with Crippen molar-refractivity contribution in [2.24, 2.45) is 5.73 Å². The lowest BCUT2D eigenvalue weighted by Gasteiger charge is -2.09. The summed E-state index contributed by atoms with van der Waals surface area (Å²) in [5.41, 5.74) is 8.24. The number of rotatable bonds is 3. The highest BCUT2D eigenvalue weighted by Crippen LogP contribution is 2.30. The van der Waals surface area contributed by atoms with Crippen molar-refractivity contribution in [2.45, 2.75) is 6.54 Å². The molecule has 0 aliphatic carbocycles. The molecule has 0 atom stereocenters. The lowest BCUT2D eigenvalue weighted by Crippen LogP contribution is -1.95. The Kier molecular flexibility index (Phi) is 5.13. The van der Waals surface area contributed by atoms with Gasteiger partial charge in [-0.1, -0.05) is 24.3 Å². The summed E-state index contributed by atoms with van der Waals surface area (Å²) in [4.78, 5) is 0. The SMILES string of the molecule is COc1ccc(F)cc1-c1ccc(CN)cc1.Cl. The third kappa shape index (κ3) is 3.00. The second-order valence-electron chi connectivity index (χ2n) is 3.75. The average molecular weight is 268 g/mol. The number of nitrogens with two attached hydrogens (primary N) is 1. The van der Waals surface area contributed by atoms with Crippen molar-refractivity contribution >= 4 is 12.4 Å². The maximum Gasteiger partial charge on any atom is 0.126 e. The quantitative estimate of drug-likeness (QED) is 0.925. The summed E-state index contributed by atoms with van der Waals surface area (Å²) in [6.07, 6.45) is 0. The van der Waals surface area contributed by atoms with Crippen LogP contribution in [0, 0.1) is 5.82 Å². The molecular weight excluding hydrogens is 253 g/mol. The van der Waals surface area contributed by atoms with Crippen molar-refractivity contribution in [2.75, 3.05) is 7.11 Å². The Morgan fingerprint density at radius 3 is 2.33 bits per heavy atom. The molecule has 2 aromatic carbocycles. The molecule has 0 fully saturated rings. The average Bonchev–Trinajstić information content (AvgIpc) is 2.39. The molecule has 0 radical (unpaired) electrons. The summed E-state index contributed by atoms with van der Waals surface area (Å²) in [7, 11) is 1.57. The molecule has 2 nitrogen and oxygen atoms in total. The van der Waals surface area contributed by atoms with Gasteiger partial charge in [0.25, 0.3) is 0 Å². The Balaban J connectivity index is 0.00000162. The van der Waals surface area contributed by atoms with Gasteiger partial charge in [-0.05, 0) is 29.3 Å². The fourth-order valence-electron chi connectivity index (χ4n) is 1.73. The summed E-state index contributed by atoms with van der Waals surface area (Å²) >= 11 is 0. The fraction of sp³-hybridized carbons (Fsp3) is 0.143. The van der Waals surface area contributed by atoms with Gasteiger partial charge >= 0.3 is 0 Å². The van der Waals surface area contributed by atoms with Crippen molar-refractivity contribution in [1.29, 1.82) is 0 Å². The number of hydrogen-bond acceptors (Lipinski definition) is 2. The molecule has 4 heteroatoms. The van der Waals surface area contributed by atoms with Crippen LogP contribution in [-0.4, -0.2) is 7.11 Å². The van der Waals surface area contributed by atoms with Crippen LogP contribution in [0.3, 0.4) is 0 Å². The van der Waals surface area contributed by atoms with E-state index in [9.17, 15) is 4.39 Å². The van der Waals surface area contributed by atoms with Gasteiger partial charge in [0.2, 0.25) is 0 Å². The minimum absolute atomic E-state index is 0. The summed E-state index contributed by atoms with van der Waals surface area (Å²) in [6, 6.07) is 12.2. The zero-order valence-corrected chi connectivity index (χ0v) is 10.8. The molecule has 0 aliphatic rings. The maximum atomic E-state index is 13.2. The maximum absolute atomic E-state index is 13.2. The molecule has 0 spiro atoms. The first-order valence-corrected chi connectivity index (χ1v) is 5.37. The largest absolute Gasteiger partial charge is 0.496 e. The molecule has 96 valence electrons. The molecule has 0 saturated carbocycles. The Bertz CT molecular complexity index is 514. The minimum atomic E-state index is -0.274. The molecule has 0 unspecified atom stereocenters. The lowest BCUT2D eigenvalue weighted by atomic mass is 10.0. The number of hydrogen-bond donors (Lipinski definition) is 1. The molecule has 0 aliphatic heterocycles. The molecule has 18 heavy (non-hydrogen) atoms. The Labute approximate surface area is 112 Å². The van der Waals surface area contributed by atoms with Crippen molar-refractivity contribution in [3.8, 4) is 16.9 Å². The van der Waals surface area contributed by atoms with E-state index in [0.29, 0.717) is 12.3 Å². The van der Waals surface area contributed by atoms with E-state index in [1.54, 1.807) is 13.2 Å². The van der Waals surface area contributed by atoms with Gasteiger partial charge in [-0.25, -0.2) is 4.39 Å². The Morgan fingerprint density at radius 1 is 1.11 bits per heavy atom.